The van der Waals surface area contributed by atoms with Gasteiger partial charge in [0.2, 0.25) is 5.95 Å². The Morgan fingerprint density at radius 3 is 2.50 bits per heavy atom. The van der Waals surface area contributed by atoms with Gasteiger partial charge in [-0.3, -0.25) is 0 Å². The van der Waals surface area contributed by atoms with Gasteiger partial charge < -0.3 is 5.32 Å². The summed E-state index contributed by atoms with van der Waals surface area (Å²) < 4.78 is 1.79. The van der Waals surface area contributed by atoms with Crippen molar-refractivity contribution in [2.75, 3.05) is 5.32 Å². The molecule has 0 amide bonds. The zero-order valence-electron chi connectivity index (χ0n) is 9.81. The van der Waals surface area contributed by atoms with E-state index in [4.69, 9.17) is 0 Å². The van der Waals surface area contributed by atoms with E-state index in [9.17, 15) is 0 Å². The van der Waals surface area contributed by atoms with Crippen LogP contribution in [-0.2, 0) is 7.05 Å². The van der Waals surface area contributed by atoms with Crippen LogP contribution in [0.3, 0.4) is 0 Å². The van der Waals surface area contributed by atoms with Gasteiger partial charge in [0.25, 0.3) is 0 Å². The van der Waals surface area contributed by atoms with Crippen molar-refractivity contribution >= 4 is 5.95 Å². The van der Waals surface area contributed by atoms with Crippen molar-refractivity contribution in [1.82, 2.24) is 14.8 Å². The Hall–Kier alpha value is -1.84. The summed E-state index contributed by atoms with van der Waals surface area (Å²) in [6.07, 6.45) is 0. The second-order valence-corrected chi connectivity index (χ2v) is 4.05. The van der Waals surface area contributed by atoms with Gasteiger partial charge in [0.15, 0.2) is 5.82 Å². The van der Waals surface area contributed by atoms with Crippen LogP contribution in [0.15, 0.2) is 30.3 Å². The van der Waals surface area contributed by atoms with Gasteiger partial charge in [0.1, 0.15) is 0 Å². The highest BCUT2D eigenvalue weighted by molar-refractivity contribution is 5.56. The highest BCUT2D eigenvalue weighted by atomic mass is 15.4. The van der Waals surface area contributed by atoms with Gasteiger partial charge in [-0.2, -0.15) is 4.98 Å². The molecule has 0 atom stereocenters. The Balaban J connectivity index is 2.32. The van der Waals surface area contributed by atoms with E-state index in [0.29, 0.717) is 12.0 Å². The largest absolute Gasteiger partial charge is 0.351 e. The smallest absolute Gasteiger partial charge is 0.242 e. The predicted molar refractivity (Wildman–Crippen MR) is 65.2 cm³/mol. The summed E-state index contributed by atoms with van der Waals surface area (Å²) in [7, 11) is 1.90. The van der Waals surface area contributed by atoms with E-state index in [1.54, 1.807) is 4.68 Å². The minimum Gasteiger partial charge on any atom is -0.351 e. The Morgan fingerprint density at radius 2 is 1.88 bits per heavy atom. The second-order valence-electron chi connectivity index (χ2n) is 4.05. The van der Waals surface area contributed by atoms with Crippen molar-refractivity contribution in [3.8, 4) is 11.4 Å². The zero-order valence-corrected chi connectivity index (χ0v) is 9.81. The van der Waals surface area contributed by atoms with Crippen molar-refractivity contribution in [2.24, 2.45) is 7.05 Å². The summed E-state index contributed by atoms with van der Waals surface area (Å²) in [5.41, 5.74) is 1.08. The molecule has 0 saturated carbocycles. The third-order valence-electron chi connectivity index (χ3n) is 2.21. The zero-order chi connectivity index (χ0) is 11.5. The number of hydrogen-bond acceptors (Lipinski definition) is 3. The molecule has 0 spiro atoms. The number of aromatic nitrogens is 3. The topological polar surface area (TPSA) is 42.7 Å². The molecule has 16 heavy (non-hydrogen) atoms. The normalized spacial score (nSPS) is 10.8. The maximum Gasteiger partial charge on any atom is 0.242 e. The lowest BCUT2D eigenvalue weighted by Gasteiger charge is -2.02. The van der Waals surface area contributed by atoms with Crippen LogP contribution < -0.4 is 5.32 Å². The van der Waals surface area contributed by atoms with Crippen LogP contribution in [0.2, 0.25) is 0 Å². The quantitative estimate of drug-likeness (QED) is 0.856. The molecule has 0 aliphatic rings. The fourth-order valence-electron chi connectivity index (χ4n) is 1.54. The third-order valence-corrected chi connectivity index (χ3v) is 2.21. The van der Waals surface area contributed by atoms with Gasteiger partial charge in [-0.1, -0.05) is 30.3 Å². The monoisotopic (exact) mass is 216 g/mol. The highest BCUT2D eigenvalue weighted by Crippen LogP contribution is 2.17. The van der Waals surface area contributed by atoms with E-state index in [1.807, 2.05) is 37.4 Å². The minimum atomic E-state index is 0.339. The van der Waals surface area contributed by atoms with Crippen LogP contribution in [0.4, 0.5) is 5.95 Å². The standard InChI is InChI=1S/C12H16N4/c1-9(2)13-12-14-11(16(3)15-12)10-7-5-4-6-8-10/h4-9H,1-3H3,(H,13,15). The summed E-state index contributed by atoms with van der Waals surface area (Å²) in [4.78, 5) is 4.46. The third kappa shape index (κ3) is 2.21. The molecule has 0 bridgehead atoms. The van der Waals surface area contributed by atoms with E-state index < -0.39 is 0 Å². The van der Waals surface area contributed by atoms with E-state index in [2.05, 4.69) is 29.2 Å². The molecular formula is C12H16N4. The Labute approximate surface area is 95.3 Å². The molecule has 0 aliphatic carbocycles. The molecule has 0 aliphatic heterocycles. The molecule has 2 aromatic rings. The molecule has 1 aromatic carbocycles. The summed E-state index contributed by atoms with van der Waals surface area (Å²) in [5.74, 6) is 1.56. The van der Waals surface area contributed by atoms with Gasteiger partial charge in [-0.05, 0) is 13.8 Å². The summed E-state index contributed by atoms with van der Waals surface area (Å²) in [5, 5.41) is 7.51. The molecule has 84 valence electrons. The Bertz CT molecular complexity index is 459. The first-order valence-electron chi connectivity index (χ1n) is 5.40. The molecule has 0 fully saturated rings. The maximum atomic E-state index is 4.46. The van der Waals surface area contributed by atoms with Gasteiger partial charge in [-0.25, -0.2) is 4.68 Å². The van der Waals surface area contributed by atoms with E-state index in [0.717, 1.165) is 11.4 Å². The molecule has 0 saturated heterocycles. The number of nitrogens with zero attached hydrogens (tertiary/aromatic N) is 3. The van der Waals surface area contributed by atoms with Gasteiger partial charge in [0.05, 0.1) is 0 Å². The predicted octanol–water partition coefficient (Wildman–Crippen LogP) is 2.30. The van der Waals surface area contributed by atoms with E-state index in [1.165, 1.54) is 0 Å². The Kier molecular flexibility index (Phi) is 2.90. The first kappa shape index (κ1) is 10.7. The summed E-state index contributed by atoms with van der Waals surface area (Å²) in [6, 6.07) is 10.4. The molecule has 4 heteroatoms. The van der Waals surface area contributed by atoms with Crippen LogP contribution in [-0.4, -0.2) is 20.8 Å². The van der Waals surface area contributed by atoms with E-state index in [-0.39, 0.29) is 0 Å². The maximum absolute atomic E-state index is 4.46. The minimum absolute atomic E-state index is 0.339. The number of nitrogens with one attached hydrogen (secondary N) is 1. The summed E-state index contributed by atoms with van der Waals surface area (Å²) >= 11 is 0. The molecule has 1 N–H and O–H groups in total. The van der Waals surface area contributed by atoms with E-state index >= 15 is 0 Å². The van der Waals surface area contributed by atoms with Crippen molar-refractivity contribution in [3.05, 3.63) is 30.3 Å². The average Bonchev–Trinajstić information content (AvgIpc) is 2.60. The van der Waals surface area contributed by atoms with Crippen molar-refractivity contribution in [1.29, 1.82) is 0 Å². The van der Waals surface area contributed by atoms with Crippen LogP contribution in [0.25, 0.3) is 11.4 Å². The number of anilines is 1. The molecule has 1 aromatic heterocycles. The van der Waals surface area contributed by atoms with Crippen LogP contribution in [0, 0.1) is 0 Å². The lowest BCUT2D eigenvalue weighted by Crippen LogP contribution is -2.11. The van der Waals surface area contributed by atoms with Gasteiger partial charge >= 0.3 is 0 Å². The lowest BCUT2D eigenvalue weighted by molar-refractivity contribution is 0.768. The molecule has 4 nitrogen and oxygen atoms in total. The first-order chi connectivity index (χ1) is 7.66. The number of hydrogen-bond donors (Lipinski definition) is 1. The number of rotatable bonds is 3. The van der Waals surface area contributed by atoms with Crippen LogP contribution in [0.5, 0.6) is 0 Å². The fraction of sp³-hybridized carbons (Fsp3) is 0.333. The number of benzene rings is 1. The van der Waals surface area contributed by atoms with Gasteiger partial charge in [0, 0.05) is 18.7 Å². The van der Waals surface area contributed by atoms with Crippen molar-refractivity contribution < 1.29 is 0 Å². The van der Waals surface area contributed by atoms with Crippen molar-refractivity contribution in [3.63, 3.8) is 0 Å². The fourth-order valence-corrected chi connectivity index (χ4v) is 1.54. The molecule has 2 rings (SSSR count). The SMILES string of the molecule is CC(C)Nc1nc(-c2ccccc2)n(C)n1. The average molecular weight is 216 g/mol. The Morgan fingerprint density at radius 1 is 1.19 bits per heavy atom. The first-order valence-corrected chi connectivity index (χ1v) is 5.40. The van der Waals surface area contributed by atoms with Crippen molar-refractivity contribution in [2.45, 2.75) is 19.9 Å². The summed E-state index contributed by atoms with van der Waals surface area (Å²) in [6.45, 7) is 4.14. The highest BCUT2D eigenvalue weighted by Gasteiger charge is 2.08. The van der Waals surface area contributed by atoms with Crippen LogP contribution in [0.1, 0.15) is 13.8 Å². The molecule has 0 radical (unpaired) electrons. The lowest BCUT2D eigenvalue weighted by atomic mass is 10.2. The van der Waals surface area contributed by atoms with Crippen LogP contribution >= 0.6 is 0 Å². The number of aryl methyl sites for hydroxylation is 1. The molecule has 0 unspecified atom stereocenters. The molecular weight excluding hydrogens is 200 g/mol. The second kappa shape index (κ2) is 4.35. The van der Waals surface area contributed by atoms with Gasteiger partial charge in [-0.15, -0.1) is 5.10 Å². The molecule has 1 heterocycles.